The SMILES string of the molecule is O=C(Nc1ccccc1)c1cc(C(=O)Nc2ccc(/N=N/c3cc(S(=O)(=O)O)c4cc(S(=O)(=O)O)cc(S(=O)(=O)O)c4c3)cc2C(=O)O)cc(C(=O)Nc2ccc(/N=N/c3cc(S(=O)(=O)O)c4cc(S(=O)(=O)O)cc(S(=O)(=O)O)c4c3)cc2C(=O)O)c1. The van der Waals surface area contributed by atoms with Crippen molar-refractivity contribution >= 4 is 152 Å². The summed E-state index contributed by atoms with van der Waals surface area (Å²) in [5, 5.41) is 39.6. The van der Waals surface area contributed by atoms with Crippen molar-refractivity contribution in [1.29, 1.82) is 0 Å². The van der Waals surface area contributed by atoms with Gasteiger partial charge in [0.2, 0.25) is 0 Å². The van der Waals surface area contributed by atoms with Crippen LogP contribution in [0.25, 0.3) is 21.5 Å². The second-order valence-corrected chi connectivity index (χ2v) is 26.2. The summed E-state index contributed by atoms with van der Waals surface area (Å²) < 4.78 is 206. The summed E-state index contributed by atoms with van der Waals surface area (Å²) in [5.41, 5.74) is -5.42. The Morgan fingerprint density at radius 1 is 0.322 bits per heavy atom. The van der Waals surface area contributed by atoms with Crippen molar-refractivity contribution in [3.05, 3.63) is 161 Å². The molecule has 0 spiro atoms. The molecule has 450 valence electrons. The molecule has 11 N–H and O–H groups in total. The summed E-state index contributed by atoms with van der Waals surface area (Å²) in [5.74, 6) is -6.71. The molecule has 0 aliphatic heterocycles. The Bertz CT molecular complexity index is 4850. The van der Waals surface area contributed by atoms with Crippen molar-refractivity contribution < 1.29 is 112 Å². The van der Waals surface area contributed by atoms with Crippen LogP contribution < -0.4 is 16.0 Å². The van der Waals surface area contributed by atoms with E-state index in [2.05, 4.69) is 36.4 Å². The monoisotopic (exact) mass is 1310 g/mol. The Labute approximate surface area is 488 Å². The number of carbonyl (C=O) groups excluding carboxylic acids is 3. The number of nitrogens with zero attached hydrogens (tertiary/aromatic N) is 4. The lowest BCUT2D eigenvalue weighted by molar-refractivity contribution is 0.0687. The Hall–Kier alpha value is -9.71. The lowest BCUT2D eigenvalue weighted by Crippen LogP contribution is -2.20. The third kappa shape index (κ3) is 14.5. The summed E-state index contributed by atoms with van der Waals surface area (Å²) in [6.07, 6.45) is 0. The number of amides is 3. The van der Waals surface area contributed by atoms with Gasteiger partial charge in [0.15, 0.2) is 0 Å². The first kappa shape index (κ1) is 63.3. The van der Waals surface area contributed by atoms with E-state index >= 15 is 0 Å². The van der Waals surface area contributed by atoms with Gasteiger partial charge in [-0.2, -0.15) is 71.0 Å². The van der Waals surface area contributed by atoms with Crippen LogP contribution in [0.1, 0.15) is 51.8 Å². The smallest absolute Gasteiger partial charge is 0.337 e. The minimum absolute atomic E-state index is 0.239. The molecule has 8 rings (SSSR count). The van der Waals surface area contributed by atoms with E-state index in [1.54, 1.807) is 18.2 Å². The molecule has 0 aliphatic rings. The molecule has 8 aromatic carbocycles. The van der Waals surface area contributed by atoms with Crippen molar-refractivity contribution in [2.24, 2.45) is 20.5 Å². The fourth-order valence-electron chi connectivity index (χ4n) is 8.10. The number of hydrogen-bond acceptors (Lipinski definition) is 21. The predicted molar refractivity (Wildman–Crippen MR) is 299 cm³/mol. The first-order chi connectivity index (χ1) is 40.3. The van der Waals surface area contributed by atoms with Crippen molar-refractivity contribution in [2.45, 2.75) is 29.4 Å². The molecule has 0 fully saturated rings. The van der Waals surface area contributed by atoms with Gasteiger partial charge in [-0.3, -0.25) is 41.7 Å². The van der Waals surface area contributed by atoms with Crippen LogP contribution in [0.15, 0.2) is 183 Å². The molecule has 8 aromatic rings. The van der Waals surface area contributed by atoms with Crippen LogP contribution in [0.3, 0.4) is 0 Å². The maximum Gasteiger partial charge on any atom is 0.337 e. The van der Waals surface area contributed by atoms with E-state index in [9.17, 15) is 112 Å². The van der Waals surface area contributed by atoms with E-state index in [0.717, 1.165) is 66.7 Å². The van der Waals surface area contributed by atoms with Crippen LogP contribution in [0.4, 0.5) is 39.8 Å². The first-order valence-electron chi connectivity index (χ1n) is 23.1. The second kappa shape index (κ2) is 23.3. The number of anilines is 3. The fourth-order valence-corrected chi connectivity index (χ4v) is 12.2. The van der Waals surface area contributed by atoms with E-state index in [0.29, 0.717) is 24.3 Å². The Morgan fingerprint density at radius 3 is 0.954 bits per heavy atom. The Balaban J connectivity index is 1.11. The molecule has 0 radical (unpaired) electrons. The van der Waals surface area contributed by atoms with Crippen LogP contribution in [0.5, 0.6) is 0 Å². The molecule has 38 heteroatoms. The van der Waals surface area contributed by atoms with Crippen LogP contribution >= 0.6 is 0 Å². The van der Waals surface area contributed by atoms with Gasteiger partial charge in [-0.25, -0.2) is 9.59 Å². The van der Waals surface area contributed by atoms with Crippen LogP contribution in [0.2, 0.25) is 0 Å². The van der Waals surface area contributed by atoms with Crippen molar-refractivity contribution in [2.75, 3.05) is 16.0 Å². The Kier molecular flexibility index (Phi) is 16.9. The summed E-state index contributed by atoms with van der Waals surface area (Å²) in [4.78, 5) is 59.6. The number of fused-ring (bicyclic) bond motifs is 2. The number of azo groups is 2. The highest BCUT2D eigenvalue weighted by atomic mass is 32.2. The standard InChI is InChI=1S/C49H33N7O25S6/c57-45(50-26-4-2-1-3-5-26)23-10-24(46(58)51-39-8-6-27(13-37(39)48(60)61)53-55-29-15-33-35(41(17-29)84(70,71)72)19-31(82(64,65)66)21-43(33)86(76,77)78)12-25(11-23)47(59)52-40-9-7-28(14-38(40)49(62)63)54-56-30-16-34-36(42(18-30)85(73,74)75)20-32(83(67,68)69)22-44(34)87(79,80)81/h1-22H,(H,50,57)(H,51,58)(H,52,59)(H,60,61)(H,62,63)(H,64,65,66)(H,67,68,69)(H,70,71,72)(H,73,74,75)(H,76,77,78)(H,79,80,81)/b55-53+,56-54+. The molecule has 0 saturated carbocycles. The number of para-hydroxylation sites is 1. The molecule has 87 heavy (non-hydrogen) atoms. The summed E-state index contributed by atoms with van der Waals surface area (Å²) in [7, 11) is -32.1. The minimum atomic E-state index is -5.41. The molecule has 0 aliphatic carbocycles. The van der Waals surface area contributed by atoms with Gasteiger partial charge < -0.3 is 26.2 Å². The zero-order valence-corrected chi connectivity index (χ0v) is 47.4. The number of nitrogens with one attached hydrogen (secondary N) is 3. The zero-order chi connectivity index (χ0) is 64.1. The number of benzene rings is 8. The van der Waals surface area contributed by atoms with Crippen molar-refractivity contribution in [3.8, 4) is 0 Å². The number of carbonyl (C=O) groups is 5. The van der Waals surface area contributed by atoms with Gasteiger partial charge in [-0.1, -0.05) is 18.2 Å². The van der Waals surface area contributed by atoms with Crippen LogP contribution in [0, 0.1) is 0 Å². The number of carboxylic acids is 2. The average Bonchev–Trinajstić information content (AvgIpc) is 0.793. The van der Waals surface area contributed by atoms with E-state index in [4.69, 9.17) is 0 Å². The molecule has 3 amide bonds. The molecular weight excluding hydrogens is 1280 g/mol. The maximum absolute atomic E-state index is 14.0. The van der Waals surface area contributed by atoms with E-state index in [1.807, 2.05) is 0 Å². The first-order valence-corrected chi connectivity index (χ1v) is 31.7. The minimum Gasteiger partial charge on any atom is -0.478 e. The molecule has 0 saturated heterocycles. The normalized spacial score (nSPS) is 12.6. The quantitative estimate of drug-likeness (QED) is 0.0293. The molecular formula is C49H33N7O25S6. The van der Waals surface area contributed by atoms with Crippen LogP contribution in [-0.2, 0) is 60.7 Å². The lowest BCUT2D eigenvalue weighted by atomic mass is 10.0. The van der Waals surface area contributed by atoms with Gasteiger partial charge >= 0.3 is 11.9 Å². The van der Waals surface area contributed by atoms with E-state index in [-0.39, 0.29) is 34.8 Å². The molecule has 0 atom stereocenters. The van der Waals surface area contributed by atoms with Gasteiger partial charge in [0.1, 0.15) is 19.6 Å². The lowest BCUT2D eigenvalue weighted by Gasteiger charge is -2.13. The molecule has 0 bridgehead atoms. The third-order valence-corrected chi connectivity index (χ3v) is 17.1. The van der Waals surface area contributed by atoms with Gasteiger partial charge in [-0.15, -0.1) is 0 Å². The molecule has 0 heterocycles. The highest BCUT2D eigenvalue weighted by molar-refractivity contribution is 7.88. The second-order valence-electron chi connectivity index (χ2n) is 17.8. The van der Waals surface area contributed by atoms with Gasteiger partial charge in [0.25, 0.3) is 78.4 Å². The number of hydrogen-bond donors (Lipinski definition) is 11. The highest BCUT2D eigenvalue weighted by Crippen LogP contribution is 2.39. The van der Waals surface area contributed by atoms with Crippen molar-refractivity contribution in [1.82, 2.24) is 0 Å². The Morgan fingerprint density at radius 2 is 0.632 bits per heavy atom. The number of carboxylic acid groups (broad SMARTS) is 2. The zero-order valence-electron chi connectivity index (χ0n) is 42.5. The van der Waals surface area contributed by atoms with Crippen molar-refractivity contribution in [3.63, 3.8) is 0 Å². The van der Waals surface area contributed by atoms with E-state index < -0.39 is 186 Å². The highest BCUT2D eigenvalue weighted by Gasteiger charge is 2.29. The molecule has 32 nitrogen and oxygen atoms in total. The van der Waals surface area contributed by atoms with Crippen LogP contribution in [-0.4, -0.2) is 118 Å². The van der Waals surface area contributed by atoms with E-state index in [1.165, 1.54) is 12.1 Å². The summed E-state index contributed by atoms with van der Waals surface area (Å²) in [6, 6.07) is 20.5. The number of aromatic carboxylic acids is 2. The largest absolute Gasteiger partial charge is 0.478 e. The predicted octanol–water partition coefficient (Wildman–Crippen LogP) is 7.46. The van der Waals surface area contributed by atoms with Gasteiger partial charge in [0.05, 0.1) is 55.0 Å². The molecule has 0 aromatic heterocycles. The molecule has 0 unspecified atom stereocenters. The van der Waals surface area contributed by atoms with Gasteiger partial charge in [-0.05, 0) is 115 Å². The number of rotatable bonds is 18. The average molecular weight is 1310 g/mol. The summed E-state index contributed by atoms with van der Waals surface area (Å²) >= 11 is 0. The summed E-state index contributed by atoms with van der Waals surface area (Å²) in [6.45, 7) is 0. The van der Waals surface area contributed by atoms with Gasteiger partial charge in [0, 0.05) is 43.9 Å². The topological polar surface area (TPSA) is 538 Å². The maximum atomic E-state index is 14.0. The third-order valence-electron chi connectivity index (χ3n) is 11.9. The fraction of sp³-hybridized carbons (Fsp3) is 0.